The second-order valence-electron chi connectivity index (χ2n) is 9.57. The van der Waals surface area contributed by atoms with Gasteiger partial charge in [-0.15, -0.1) is 0 Å². The van der Waals surface area contributed by atoms with Crippen LogP contribution in [0.15, 0.2) is 82.8 Å². The van der Waals surface area contributed by atoms with Crippen molar-refractivity contribution >= 4 is 32.9 Å². The summed E-state index contributed by atoms with van der Waals surface area (Å²) in [4.78, 5) is 3.54. The minimum absolute atomic E-state index is 0.374. The lowest BCUT2D eigenvalue weighted by Crippen LogP contribution is -2.47. The van der Waals surface area contributed by atoms with Gasteiger partial charge in [0.2, 0.25) is 0 Å². The first-order chi connectivity index (χ1) is 17.3. The molecule has 0 radical (unpaired) electrons. The molecule has 1 heterocycles. The first-order valence-electron chi connectivity index (χ1n) is 11.7. The molecular weight excluding hydrogens is 492 g/mol. The molecule has 0 fully saturated rings. The standard InChI is InChI=1S/C27H32N4O5S/c1-18-25(26(32)31(28-18)23-14-16-24(17-15-23)37(34,35)36)27(33,19-6-10-21(11-7-19)29(2)3)20-8-12-22(13-9-20)30(4)5/h6-17,25-26,32-33H,1-5H3,(H,34,35,36)/p-1. The van der Waals surface area contributed by atoms with Crippen molar-refractivity contribution in [3.63, 3.8) is 0 Å². The fourth-order valence-corrected chi connectivity index (χ4v) is 5.16. The molecule has 0 saturated carbocycles. The summed E-state index contributed by atoms with van der Waals surface area (Å²) in [7, 11) is 3.12. The van der Waals surface area contributed by atoms with Gasteiger partial charge in [0.25, 0.3) is 0 Å². The third kappa shape index (κ3) is 4.93. The molecule has 9 nitrogen and oxygen atoms in total. The highest BCUT2D eigenvalue weighted by Crippen LogP contribution is 2.44. The van der Waals surface area contributed by atoms with Gasteiger partial charge in [-0.25, -0.2) is 13.4 Å². The fraction of sp³-hybridized carbons (Fsp3) is 0.296. The van der Waals surface area contributed by atoms with Gasteiger partial charge in [0.05, 0.1) is 16.5 Å². The molecule has 2 N–H and O–H groups in total. The Balaban J connectivity index is 1.80. The number of hydrazone groups is 1. The SMILES string of the molecule is CC1=NN(c2ccc(S(=O)(=O)[O-])cc2)C(O)C1C(O)(c1ccc(N(C)C)cc1)c1ccc(N(C)C)cc1. The molecule has 0 bridgehead atoms. The van der Waals surface area contributed by atoms with Crippen molar-refractivity contribution in [3.05, 3.63) is 83.9 Å². The minimum atomic E-state index is -4.61. The summed E-state index contributed by atoms with van der Waals surface area (Å²) in [6.45, 7) is 1.73. The first kappa shape index (κ1) is 26.6. The van der Waals surface area contributed by atoms with E-state index >= 15 is 0 Å². The fourth-order valence-electron chi connectivity index (χ4n) is 4.70. The lowest BCUT2D eigenvalue weighted by molar-refractivity contribution is -0.0103. The van der Waals surface area contributed by atoms with Crippen LogP contribution in [0.3, 0.4) is 0 Å². The van der Waals surface area contributed by atoms with E-state index in [1.807, 2.05) is 86.5 Å². The van der Waals surface area contributed by atoms with Gasteiger partial charge in [0.15, 0.2) is 6.23 Å². The van der Waals surface area contributed by atoms with Gasteiger partial charge in [-0.2, -0.15) is 5.10 Å². The van der Waals surface area contributed by atoms with Crippen LogP contribution in [-0.2, 0) is 15.7 Å². The molecule has 10 heteroatoms. The summed E-state index contributed by atoms with van der Waals surface area (Å²) in [5.74, 6) is -0.856. The highest BCUT2D eigenvalue weighted by molar-refractivity contribution is 7.85. The van der Waals surface area contributed by atoms with Crippen LogP contribution in [0.2, 0.25) is 0 Å². The Morgan fingerprint density at radius 3 is 1.65 bits per heavy atom. The molecule has 37 heavy (non-hydrogen) atoms. The van der Waals surface area contributed by atoms with Gasteiger partial charge in [-0.3, -0.25) is 0 Å². The smallest absolute Gasteiger partial charge is 0.159 e. The lowest BCUT2D eigenvalue weighted by Gasteiger charge is -2.38. The van der Waals surface area contributed by atoms with Crippen molar-refractivity contribution in [1.82, 2.24) is 0 Å². The zero-order chi connectivity index (χ0) is 27.1. The summed E-state index contributed by atoms with van der Waals surface area (Å²) in [6.07, 6.45) is -1.28. The Morgan fingerprint density at radius 2 is 1.27 bits per heavy atom. The van der Waals surface area contributed by atoms with Crippen LogP contribution in [0.25, 0.3) is 0 Å². The Labute approximate surface area is 217 Å². The van der Waals surface area contributed by atoms with Crippen LogP contribution in [0.1, 0.15) is 18.1 Å². The largest absolute Gasteiger partial charge is 0.744 e. The summed E-state index contributed by atoms with van der Waals surface area (Å²) < 4.78 is 34.0. The van der Waals surface area contributed by atoms with E-state index < -0.39 is 27.9 Å². The topological polar surface area (TPSA) is 120 Å². The Morgan fingerprint density at radius 1 is 0.838 bits per heavy atom. The van der Waals surface area contributed by atoms with E-state index in [4.69, 9.17) is 0 Å². The average molecular weight is 524 g/mol. The number of benzene rings is 3. The third-order valence-corrected chi connectivity index (χ3v) is 7.60. The molecule has 0 aliphatic carbocycles. The van der Waals surface area contributed by atoms with E-state index in [0.717, 1.165) is 11.4 Å². The van der Waals surface area contributed by atoms with Crippen LogP contribution in [-0.4, -0.2) is 63.3 Å². The normalized spacial score (nSPS) is 18.1. The Kier molecular flexibility index (Phi) is 7.04. The van der Waals surface area contributed by atoms with E-state index in [1.165, 1.54) is 29.3 Å². The zero-order valence-corrected chi connectivity index (χ0v) is 22.2. The molecular formula is C27H31N4O5S-. The van der Waals surface area contributed by atoms with Gasteiger partial charge in [0, 0.05) is 45.3 Å². The molecule has 1 aliphatic rings. The maximum atomic E-state index is 12.5. The molecule has 1 aliphatic heterocycles. The van der Waals surface area contributed by atoms with Crippen molar-refractivity contribution in [2.45, 2.75) is 23.6 Å². The minimum Gasteiger partial charge on any atom is -0.744 e. The lowest BCUT2D eigenvalue weighted by atomic mass is 9.73. The molecule has 2 atom stereocenters. The van der Waals surface area contributed by atoms with Crippen molar-refractivity contribution < 1.29 is 23.2 Å². The maximum Gasteiger partial charge on any atom is 0.159 e. The molecule has 3 aromatic rings. The molecule has 0 saturated heterocycles. The number of rotatable bonds is 7. The number of hydrogen-bond acceptors (Lipinski definition) is 9. The Bertz CT molecular complexity index is 1330. The van der Waals surface area contributed by atoms with Crippen LogP contribution in [0.4, 0.5) is 17.1 Å². The van der Waals surface area contributed by atoms with Gasteiger partial charge in [-0.1, -0.05) is 24.3 Å². The molecule has 0 spiro atoms. The number of nitrogens with zero attached hydrogens (tertiary/aromatic N) is 4. The van der Waals surface area contributed by atoms with E-state index in [0.29, 0.717) is 22.5 Å². The molecule has 196 valence electrons. The van der Waals surface area contributed by atoms with E-state index in [-0.39, 0.29) is 4.90 Å². The van der Waals surface area contributed by atoms with Gasteiger partial charge in [0.1, 0.15) is 15.7 Å². The van der Waals surface area contributed by atoms with E-state index in [1.54, 1.807) is 6.92 Å². The summed E-state index contributed by atoms with van der Waals surface area (Å²) >= 11 is 0. The van der Waals surface area contributed by atoms with E-state index in [2.05, 4.69) is 5.10 Å². The van der Waals surface area contributed by atoms with Crippen molar-refractivity contribution in [2.24, 2.45) is 11.0 Å². The van der Waals surface area contributed by atoms with Crippen molar-refractivity contribution in [1.29, 1.82) is 0 Å². The number of aliphatic hydroxyl groups is 2. The second-order valence-corrected chi connectivity index (χ2v) is 11.0. The monoisotopic (exact) mass is 523 g/mol. The van der Waals surface area contributed by atoms with Gasteiger partial charge in [-0.05, 0) is 66.6 Å². The summed E-state index contributed by atoms with van der Waals surface area (Å²) in [5.41, 5.74) is 2.32. The van der Waals surface area contributed by atoms with Crippen LogP contribution >= 0.6 is 0 Å². The zero-order valence-electron chi connectivity index (χ0n) is 21.4. The maximum absolute atomic E-state index is 12.5. The van der Waals surface area contributed by atoms with Crippen LogP contribution in [0.5, 0.6) is 0 Å². The highest BCUT2D eigenvalue weighted by atomic mass is 32.2. The third-order valence-electron chi connectivity index (χ3n) is 6.75. The van der Waals surface area contributed by atoms with E-state index in [9.17, 15) is 23.2 Å². The van der Waals surface area contributed by atoms with Gasteiger partial charge >= 0.3 is 0 Å². The predicted octanol–water partition coefficient (Wildman–Crippen LogP) is 2.79. The highest BCUT2D eigenvalue weighted by Gasteiger charge is 2.51. The van der Waals surface area contributed by atoms with Crippen molar-refractivity contribution in [2.75, 3.05) is 43.0 Å². The van der Waals surface area contributed by atoms with Gasteiger partial charge < -0.3 is 24.6 Å². The molecule has 0 amide bonds. The number of aliphatic hydroxyl groups excluding tert-OH is 1. The van der Waals surface area contributed by atoms with Crippen LogP contribution in [0, 0.1) is 5.92 Å². The second kappa shape index (κ2) is 9.79. The average Bonchev–Trinajstić information content (AvgIpc) is 3.17. The molecule has 0 aromatic heterocycles. The summed E-state index contributed by atoms with van der Waals surface area (Å²) in [5, 5.41) is 29.8. The first-order valence-corrected chi connectivity index (χ1v) is 13.1. The molecule has 2 unspecified atom stereocenters. The number of anilines is 3. The molecule has 4 rings (SSSR count). The Hall–Kier alpha value is -3.44. The van der Waals surface area contributed by atoms with Crippen molar-refractivity contribution in [3.8, 4) is 0 Å². The quantitative estimate of drug-likeness (QED) is 0.454. The van der Waals surface area contributed by atoms with Crippen LogP contribution < -0.4 is 14.8 Å². The summed E-state index contributed by atoms with van der Waals surface area (Å²) in [6, 6.07) is 20.1. The predicted molar refractivity (Wildman–Crippen MR) is 144 cm³/mol. The number of hydrogen-bond donors (Lipinski definition) is 2. The molecule has 3 aromatic carbocycles.